The van der Waals surface area contributed by atoms with Gasteiger partial charge in [-0.05, 0) is 107 Å². The number of amides is 1. The van der Waals surface area contributed by atoms with Crippen molar-refractivity contribution in [3.63, 3.8) is 0 Å². The number of hydrogen-bond donors (Lipinski definition) is 3. The Morgan fingerprint density at radius 2 is 1.60 bits per heavy atom. The van der Waals surface area contributed by atoms with Crippen LogP contribution in [0.1, 0.15) is 126 Å². The smallest absolute Gasteiger partial charge is 0.329 e. The van der Waals surface area contributed by atoms with Crippen molar-refractivity contribution in [1.82, 2.24) is 4.90 Å². The number of esters is 1. The van der Waals surface area contributed by atoms with E-state index >= 15 is 0 Å². The fourth-order valence-electron chi connectivity index (χ4n) is 10.5. The molecule has 0 aromatic heterocycles. The highest BCUT2D eigenvalue weighted by Gasteiger charge is 2.53. The van der Waals surface area contributed by atoms with Crippen LogP contribution >= 0.6 is 0 Å². The summed E-state index contributed by atoms with van der Waals surface area (Å²) in [5.74, 6) is -8.05. The Morgan fingerprint density at radius 3 is 2.28 bits per heavy atom. The molecule has 1 aliphatic carbocycles. The molecule has 15 atom stereocenters. The summed E-state index contributed by atoms with van der Waals surface area (Å²) in [5, 5.41) is 34.1. The first kappa shape index (κ1) is 55.5. The van der Waals surface area contributed by atoms with Crippen molar-refractivity contribution in [2.24, 2.45) is 35.5 Å². The lowest BCUT2D eigenvalue weighted by Gasteiger charge is -2.43. The van der Waals surface area contributed by atoms with Crippen molar-refractivity contribution < 1.29 is 67.7 Å². The predicted octanol–water partition coefficient (Wildman–Crippen LogP) is 5.95. The number of cyclic esters (lactones) is 1. The lowest BCUT2D eigenvalue weighted by molar-refractivity contribution is -0.267. The van der Waals surface area contributed by atoms with E-state index in [1.54, 1.807) is 34.0 Å². The number of ketones is 3. The molecule has 3 saturated heterocycles. The third kappa shape index (κ3) is 14.4. The lowest BCUT2D eigenvalue weighted by Crippen LogP contribution is -2.61. The van der Waals surface area contributed by atoms with E-state index in [4.69, 9.17) is 28.4 Å². The van der Waals surface area contributed by atoms with E-state index in [1.165, 1.54) is 12.0 Å². The van der Waals surface area contributed by atoms with Gasteiger partial charge in [0, 0.05) is 51.4 Å². The normalized spacial score (nSPS) is 38.0. The molecule has 0 spiro atoms. The Hall–Kier alpha value is -3.41. The number of piperidine rings is 1. The van der Waals surface area contributed by atoms with Crippen LogP contribution < -0.4 is 0 Å². The van der Waals surface area contributed by atoms with Gasteiger partial charge >= 0.3 is 5.97 Å². The van der Waals surface area contributed by atoms with Gasteiger partial charge < -0.3 is 48.6 Å². The highest BCUT2D eigenvalue weighted by Crippen LogP contribution is 2.38. The van der Waals surface area contributed by atoms with E-state index < -0.39 is 83.9 Å². The molecule has 2 bridgehead atoms. The van der Waals surface area contributed by atoms with Gasteiger partial charge in [-0.3, -0.25) is 19.2 Å². The minimum Gasteiger partial charge on any atom is -0.460 e. The number of fused-ring (bicyclic) bond motifs is 3. The molecule has 0 unspecified atom stereocenters. The quantitative estimate of drug-likeness (QED) is 0.153. The molecular weight excluding hydrogens is 875 g/mol. The Morgan fingerprint density at radius 1 is 0.868 bits per heavy atom. The topological polar surface area (TPSA) is 205 Å². The largest absolute Gasteiger partial charge is 0.460 e. The number of hydrogen-bond acceptors (Lipinski definition) is 14. The van der Waals surface area contributed by atoms with Crippen molar-refractivity contribution in [2.45, 2.75) is 186 Å². The van der Waals surface area contributed by atoms with E-state index in [0.29, 0.717) is 76.6 Å². The molecule has 5 aliphatic rings. The number of Topliss-reactive ketones (excluding diaryl/α,β-unsaturated/α-hetero) is 3. The molecule has 1 saturated carbocycles. The minimum absolute atomic E-state index is 0.00818. The average Bonchev–Trinajstić information content (AvgIpc) is 3.30. The fourth-order valence-corrected chi connectivity index (χ4v) is 10.5. The van der Waals surface area contributed by atoms with Gasteiger partial charge in [-0.1, -0.05) is 71.1 Å². The summed E-state index contributed by atoms with van der Waals surface area (Å²) in [6.07, 6.45) is 11.0. The maximum Gasteiger partial charge on any atom is 0.329 e. The number of allylic oxidation sites excluding steroid dienone is 6. The average molecular weight is 956 g/mol. The second-order valence-electron chi connectivity index (χ2n) is 20.7. The van der Waals surface area contributed by atoms with Crippen LogP contribution in [0, 0.1) is 35.5 Å². The zero-order valence-corrected chi connectivity index (χ0v) is 42.0. The number of methoxy groups -OCH3 is 2. The van der Waals surface area contributed by atoms with E-state index in [2.05, 4.69) is 0 Å². The summed E-state index contributed by atoms with van der Waals surface area (Å²) in [6.45, 7) is 13.7. The summed E-state index contributed by atoms with van der Waals surface area (Å²) >= 11 is 0. The zero-order valence-electron chi connectivity index (χ0n) is 42.0. The first-order valence-electron chi connectivity index (χ1n) is 25.1. The lowest BCUT2D eigenvalue weighted by atomic mass is 9.78. The van der Waals surface area contributed by atoms with Crippen molar-refractivity contribution in [2.75, 3.05) is 34.0 Å². The summed E-state index contributed by atoms with van der Waals surface area (Å²) in [4.78, 5) is 72.2. The monoisotopic (exact) mass is 956 g/mol. The summed E-state index contributed by atoms with van der Waals surface area (Å²) in [7, 11) is 2.95. The van der Waals surface area contributed by atoms with E-state index in [0.717, 1.165) is 12.0 Å². The van der Waals surface area contributed by atoms with Crippen LogP contribution in [-0.2, 0) is 52.4 Å². The third-order valence-electron chi connectivity index (χ3n) is 15.2. The minimum atomic E-state index is -2.45. The van der Waals surface area contributed by atoms with Crippen molar-refractivity contribution in [3.8, 4) is 0 Å². The van der Waals surface area contributed by atoms with Crippen molar-refractivity contribution in [1.29, 1.82) is 0 Å². The molecule has 15 nitrogen and oxygen atoms in total. The van der Waals surface area contributed by atoms with E-state index in [1.807, 2.05) is 58.1 Å². The highest BCUT2D eigenvalue weighted by molar-refractivity contribution is 6.39. The van der Waals surface area contributed by atoms with E-state index in [9.17, 15) is 39.3 Å². The number of ether oxygens (including phenoxy) is 6. The van der Waals surface area contributed by atoms with Crippen LogP contribution in [0.2, 0.25) is 0 Å². The maximum absolute atomic E-state index is 14.4. The summed E-state index contributed by atoms with van der Waals surface area (Å²) in [6, 6.07) is -1.15. The number of nitrogens with zero attached hydrogens (tertiary/aromatic N) is 1. The number of carbonyl (C=O) groups excluding carboxylic acids is 5. The van der Waals surface area contributed by atoms with E-state index in [-0.39, 0.29) is 60.9 Å². The summed E-state index contributed by atoms with van der Waals surface area (Å²) in [5.41, 5.74) is 1.27. The second-order valence-corrected chi connectivity index (χ2v) is 20.7. The number of aliphatic hydroxyl groups is 3. The van der Waals surface area contributed by atoms with Crippen molar-refractivity contribution in [3.05, 3.63) is 47.6 Å². The molecule has 15 heteroatoms. The molecule has 4 aliphatic heterocycles. The molecule has 5 rings (SSSR count). The predicted molar refractivity (Wildman–Crippen MR) is 254 cm³/mol. The van der Waals surface area contributed by atoms with Crippen LogP contribution in [0.25, 0.3) is 0 Å². The molecule has 0 aromatic rings. The molecule has 0 radical (unpaired) electrons. The van der Waals surface area contributed by atoms with Gasteiger partial charge in [-0.2, -0.15) is 0 Å². The van der Waals surface area contributed by atoms with Crippen LogP contribution in [-0.4, -0.2) is 144 Å². The van der Waals surface area contributed by atoms with Crippen molar-refractivity contribution >= 4 is 29.2 Å². The Kier molecular flexibility index (Phi) is 20.9. The van der Waals surface area contributed by atoms with Gasteiger partial charge in [0.1, 0.15) is 36.2 Å². The van der Waals surface area contributed by atoms with Crippen LogP contribution in [0.5, 0.6) is 0 Å². The number of aliphatic hydroxyl groups excluding tert-OH is 2. The highest BCUT2D eigenvalue weighted by atomic mass is 16.6. The first-order chi connectivity index (χ1) is 32.3. The standard InChI is InChI=1S/C53H81NO14/c1-31-15-11-10-12-16-32(2)44(66-40-29-65-30-40)27-39-20-18-37(7)53(62,68-39)50(59)51(60)54-22-14-13-17-41(54)52(61)67-45(34(4)25-38-19-21-42(55)46(26-38)63-8)28-43(56)33(3)24-36(6)48(58)49(64-9)47(57)35(5)23-31/h10-12,15-16,24,31,33-35,37-42,44-46,48-49,55,58,62H,13-14,17-23,25-30H2,1-9H3/t31-,33-,34-,35-,37-,38+,39+,41+,42-,44+,45+,46-,48-,49+,53-/m1/s1. The van der Waals surface area contributed by atoms with Gasteiger partial charge in [0.05, 0.1) is 37.6 Å². The number of carbonyl (C=O) groups is 5. The van der Waals surface area contributed by atoms with Crippen LogP contribution in [0.3, 0.4) is 0 Å². The Bertz CT molecular complexity index is 1860. The SMILES string of the molecule is CO[C@@H]1C[C@H](C[C@@H](C)[C@@H]2CC(=O)[C@H](C)C=C(C)[C@@H](O)[C@@H](OC)C(=O)[C@H](C)C[C@H](C)C=CC=CC=C(C)[C@@H](OC3COC3)C[C@@H]3CC[C@@H](C)[C@@](O)(O3)C(=O)C(=O)N3CCCC[C@H]3C(=O)O2)CC[C@H]1O. The molecular formula is C53H81NO14. The molecule has 4 heterocycles. The molecule has 68 heavy (non-hydrogen) atoms. The summed E-state index contributed by atoms with van der Waals surface area (Å²) < 4.78 is 35.5. The molecule has 3 N–H and O–H groups in total. The first-order valence-corrected chi connectivity index (χ1v) is 25.1. The van der Waals surface area contributed by atoms with Gasteiger partial charge in [0.25, 0.3) is 11.7 Å². The van der Waals surface area contributed by atoms with Crippen LogP contribution in [0.15, 0.2) is 47.6 Å². The molecule has 4 fully saturated rings. The molecule has 1 amide bonds. The molecule has 382 valence electrons. The van der Waals surface area contributed by atoms with Gasteiger partial charge in [0.2, 0.25) is 5.79 Å². The maximum atomic E-state index is 14.4. The number of rotatable bonds is 7. The Balaban J connectivity index is 1.47. The zero-order chi connectivity index (χ0) is 49.9. The second kappa shape index (κ2) is 25.6. The van der Waals surface area contributed by atoms with Gasteiger partial charge in [0.15, 0.2) is 5.78 Å². The molecule has 0 aromatic carbocycles. The fraction of sp³-hybridized carbons (Fsp3) is 0.755. The third-order valence-corrected chi connectivity index (χ3v) is 15.2. The van der Waals surface area contributed by atoms with Gasteiger partial charge in [-0.15, -0.1) is 0 Å². The van der Waals surface area contributed by atoms with Gasteiger partial charge in [-0.25, -0.2) is 4.79 Å². The van der Waals surface area contributed by atoms with Crippen LogP contribution in [0.4, 0.5) is 0 Å². The Labute approximate surface area is 404 Å².